The van der Waals surface area contributed by atoms with Crippen molar-refractivity contribution in [3.63, 3.8) is 0 Å². The van der Waals surface area contributed by atoms with Gasteiger partial charge in [-0.25, -0.2) is 21.1 Å². The molecule has 1 N–H and O–H groups in total. The zero-order valence-electron chi connectivity index (χ0n) is 15.6. The SMILES string of the molecule is CS(=O)(=O)N1CCC(Nc2ccc([N+](=O)[O-])cc2S(=O)(=O)N2CCCC2)CC1. The van der Waals surface area contributed by atoms with Crippen LogP contribution in [0, 0.1) is 10.1 Å². The molecule has 10 nitrogen and oxygen atoms in total. The van der Waals surface area contributed by atoms with E-state index in [1.165, 1.54) is 20.7 Å². The van der Waals surface area contributed by atoms with E-state index in [2.05, 4.69) is 5.32 Å². The van der Waals surface area contributed by atoms with Gasteiger partial charge in [-0.1, -0.05) is 0 Å². The second kappa shape index (κ2) is 7.93. The molecule has 28 heavy (non-hydrogen) atoms. The van der Waals surface area contributed by atoms with Gasteiger partial charge in [-0.05, 0) is 31.7 Å². The lowest BCUT2D eigenvalue weighted by atomic mass is 10.1. The lowest BCUT2D eigenvalue weighted by Gasteiger charge is -2.31. The van der Waals surface area contributed by atoms with E-state index < -0.39 is 25.0 Å². The van der Waals surface area contributed by atoms with Crippen molar-refractivity contribution < 1.29 is 21.8 Å². The maximum atomic E-state index is 13.0. The smallest absolute Gasteiger partial charge is 0.270 e. The minimum Gasteiger partial charge on any atom is -0.381 e. The van der Waals surface area contributed by atoms with E-state index in [0.29, 0.717) is 44.7 Å². The molecule has 0 radical (unpaired) electrons. The van der Waals surface area contributed by atoms with E-state index in [4.69, 9.17) is 0 Å². The number of sulfonamides is 2. The van der Waals surface area contributed by atoms with Crippen LogP contribution in [0.5, 0.6) is 0 Å². The molecule has 0 amide bonds. The molecule has 0 spiro atoms. The molecule has 0 bridgehead atoms. The van der Waals surface area contributed by atoms with Crippen molar-refractivity contribution in [2.45, 2.75) is 36.6 Å². The van der Waals surface area contributed by atoms with Crippen LogP contribution in [0.4, 0.5) is 11.4 Å². The Labute approximate surface area is 164 Å². The Morgan fingerprint density at radius 3 is 2.18 bits per heavy atom. The fourth-order valence-electron chi connectivity index (χ4n) is 3.58. The molecular formula is C16H24N4O6S2. The lowest BCUT2D eigenvalue weighted by Crippen LogP contribution is -2.42. The lowest BCUT2D eigenvalue weighted by molar-refractivity contribution is -0.385. The molecule has 1 aromatic rings. The highest BCUT2D eigenvalue weighted by Gasteiger charge is 2.32. The van der Waals surface area contributed by atoms with Crippen LogP contribution in [0.25, 0.3) is 0 Å². The third-order valence-electron chi connectivity index (χ3n) is 5.14. The largest absolute Gasteiger partial charge is 0.381 e. The predicted octanol–water partition coefficient (Wildman–Crippen LogP) is 1.22. The van der Waals surface area contributed by atoms with E-state index >= 15 is 0 Å². The fraction of sp³-hybridized carbons (Fsp3) is 0.625. The first-order valence-electron chi connectivity index (χ1n) is 9.09. The number of piperidine rings is 1. The quantitative estimate of drug-likeness (QED) is 0.528. The van der Waals surface area contributed by atoms with Crippen molar-refractivity contribution >= 4 is 31.4 Å². The standard InChI is InChI=1S/C16H24N4O6S2/c1-27(23,24)18-10-6-13(7-11-18)17-15-5-4-14(20(21)22)12-16(15)28(25,26)19-8-2-3-9-19/h4-5,12-13,17H,2-3,6-11H2,1H3. The number of benzene rings is 1. The number of non-ortho nitro benzene ring substituents is 1. The van der Waals surface area contributed by atoms with Crippen molar-refractivity contribution in [2.75, 3.05) is 37.8 Å². The molecule has 0 saturated carbocycles. The minimum absolute atomic E-state index is 0.103. The molecule has 0 atom stereocenters. The van der Waals surface area contributed by atoms with Crippen LogP contribution in [0.2, 0.25) is 0 Å². The molecule has 2 aliphatic rings. The average molecular weight is 433 g/mol. The molecular weight excluding hydrogens is 408 g/mol. The van der Waals surface area contributed by atoms with Gasteiger partial charge in [0, 0.05) is 44.4 Å². The van der Waals surface area contributed by atoms with Crippen LogP contribution in [0.3, 0.4) is 0 Å². The molecule has 2 saturated heterocycles. The van der Waals surface area contributed by atoms with E-state index in [9.17, 15) is 26.9 Å². The van der Waals surface area contributed by atoms with Crippen LogP contribution in [0.15, 0.2) is 23.1 Å². The van der Waals surface area contributed by atoms with Gasteiger partial charge in [0.15, 0.2) is 0 Å². The first-order valence-corrected chi connectivity index (χ1v) is 12.4. The number of hydrogen-bond donors (Lipinski definition) is 1. The molecule has 2 heterocycles. The normalized spacial score (nSPS) is 20.3. The Morgan fingerprint density at radius 2 is 1.64 bits per heavy atom. The summed E-state index contributed by atoms with van der Waals surface area (Å²) >= 11 is 0. The van der Waals surface area contributed by atoms with Gasteiger partial charge in [-0.3, -0.25) is 10.1 Å². The van der Waals surface area contributed by atoms with Gasteiger partial charge in [0.25, 0.3) is 5.69 Å². The molecule has 3 rings (SSSR count). The number of nitro groups is 1. The van der Waals surface area contributed by atoms with E-state index in [1.54, 1.807) is 0 Å². The summed E-state index contributed by atoms with van der Waals surface area (Å²) in [5.74, 6) is 0. The highest BCUT2D eigenvalue weighted by atomic mass is 32.2. The monoisotopic (exact) mass is 432 g/mol. The number of nitrogens with one attached hydrogen (secondary N) is 1. The molecule has 0 unspecified atom stereocenters. The second-order valence-electron chi connectivity index (χ2n) is 7.13. The third-order valence-corrected chi connectivity index (χ3v) is 8.38. The Bertz CT molecular complexity index is 949. The summed E-state index contributed by atoms with van der Waals surface area (Å²) in [4.78, 5) is 10.4. The van der Waals surface area contributed by atoms with E-state index in [-0.39, 0.29) is 16.6 Å². The Morgan fingerprint density at radius 1 is 1.04 bits per heavy atom. The molecule has 0 aliphatic carbocycles. The van der Waals surface area contributed by atoms with Gasteiger partial charge < -0.3 is 5.32 Å². The van der Waals surface area contributed by atoms with Crippen LogP contribution in [0.1, 0.15) is 25.7 Å². The second-order valence-corrected chi connectivity index (χ2v) is 11.0. The van der Waals surface area contributed by atoms with Crippen molar-refractivity contribution in [2.24, 2.45) is 0 Å². The Kier molecular flexibility index (Phi) is 5.94. The zero-order chi connectivity index (χ0) is 20.5. The van der Waals surface area contributed by atoms with Gasteiger partial charge in [0.2, 0.25) is 20.0 Å². The highest BCUT2D eigenvalue weighted by molar-refractivity contribution is 7.89. The van der Waals surface area contributed by atoms with Crippen LogP contribution < -0.4 is 5.32 Å². The van der Waals surface area contributed by atoms with Gasteiger partial charge >= 0.3 is 0 Å². The molecule has 0 aromatic heterocycles. The van der Waals surface area contributed by atoms with Crippen LogP contribution in [-0.4, -0.2) is 68.8 Å². The van der Waals surface area contributed by atoms with Gasteiger partial charge in [0.1, 0.15) is 4.90 Å². The van der Waals surface area contributed by atoms with Gasteiger partial charge in [-0.2, -0.15) is 4.31 Å². The Hall–Kier alpha value is -1.76. The third kappa shape index (κ3) is 4.45. The zero-order valence-corrected chi connectivity index (χ0v) is 17.2. The van der Waals surface area contributed by atoms with Gasteiger partial charge in [0.05, 0.1) is 16.9 Å². The summed E-state index contributed by atoms with van der Waals surface area (Å²) in [6, 6.07) is 3.68. The number of hydrogen-bond acceptors (Lipinski definition) is 7. The predicted molar refractivity (Wildman–Crippen MR) is 104 cm³/mol. The maximum Gasteiger partial charge on any atom is 0.270 e. The molecule has 12 heteroatoms. The molecule has 156 valence electrons. The molecule has 1 aromatic carbocycles. The fourth-order valence-corrected chi connectivity index (χ4v) is 6.14. The van der Waals surface area contributed by atoms with Crippen molar-refractivity contribution in [3.05, 3.63) is 28.3 Å². The van der Waals surface area contributed by atoms with Crippen molar-refractivity contribution in [3.8, 4) is 0 Å². The summed E-state index contributed by atoms with van der Waals surface area (Å²) in [6.07, 6.45) is 3.74. The summed E-state index contributed by atoms with van der Waals surface area (Å²) < 4.78 is 52.1. The molecule has 2 aliphatic heterocycles. The first kappa shape index (κ1) is 21.0. The summed E-state index contributed by atoms with van der Waals surface area (Å²) in [5.41, 5.74) is 0.0329. The summed E-state index contributed by atoms with van der Waals surface area (Å²) in [7, 11) is -7.10. The summed E-state index contributed by atoms with van der Waals surface area (Å²) in [6.45, 7) is 1.49. The maximum absolute atomic E-state index is 13.0. The number of nitrogens with zero attached hydrogens (tertiary/aromatic N) is 3. The number of rotatable bonds is 6. The first-order chi connectivity index (χ1) is 13.1. The van der Waals surface area contributed by atoms with Crippen LogP contribution >= 0.6 is 0 Å². The van der Waals surface area contributed by atoms with E-state index in [1.807, 2.05) is 0 Å². The number of anilines is 1. The minimum atomic E-state index is -3.85. The van der Waals surface area contributed by atoms with Crippen LogP contribution in [-0.2, 0) is 20.0 Å². The van der Waals surface area contributed by atoms with Gasteiger partial charge in [-0.15, -0.1) is 0 Å². The number of nitro benzene ring substituents is 1. The molecule has 2 fully saturated rings. The van der Waals surface area contributed by atoms with Crippen molar-refractivity contribution in [1.82, 2.24) is 8.61 Å². The van der Waals surface area contributed by atoms with Crippen molar-refractivity contribution in [1.29, 1.82) is 0 Å². The highest BCUT2D eigenvalue weighted by Crippen LogP contribution is 2.32. The average Bonchev–Trinajstić information content (AvgIpc) is 3.17. The summed E-state index contributed by atoms with van der Waals surface area (Å²) in [5, 5.41) is 14.3. The van der Waals surface area contributed by atoms with E-state index in [0.717, 1.165) is 25.2 Å². The Balaban J connectivity index is 1.86. The topological polar surface area (TPSA) is 130 Å².